The van der Waals surface area contributed by atoms with E-state index in [2.05, 4.69) is 31.4 Å². The van der Waals surface area contributed by atoms with E-state index >= 15 is 0 Å². The van der Waals surface area contributed by atoms with E-state index in [0.717, 1.165) is 16.3 Å². The molecule has 0 aliphatic rings. The van der Waals surface area contributed by atoms with Crippen LogP contribution in [0, 0.1) is 6.92 Å². The van der Waals surface area contributed by atoms with Gasteiger partial charge in [0.05, 0.1) is 11.4 Å². The summed E-state index contributed by atoms with van der Waals surface area (Å²) >= 11 is 4.63. The van der Waals surface area contributed by atoms with Crippen molar-refractivity contribution in [3.8, 4) is 10.6 Å². The second kappa shape index (κ2) is 7.51. The van der Waals surface area contributed by atoms with E-state index in [-0.39, 0.29) is 10.4 Å². The molecule has 0 spiro atoms. The van der Waals surface area contributed by atoms with Crippen molar-refractivity contribution in [2.24, 2.45) is 5.10 Å². The lowest BCUT2D eigenvalue weighted by Crippen LogP contribution is -2.09. The third kappa shape index (κ3) is 3.77. The lowest BCUT2D eigenvalue weighted by atomic mass is 10.2. The highest BCUT2D eigenvalue weighted by molar-refractivity contribution is 9.19. The van der Waals surface area contributed by atoms with Gasteiger partial charge in [0.25, 0.3) is 0 Å². The summed E-state index contributed by atoms with van der Waals surface area (Å²) in [5.74, 6) is -0.185. The number of carbonyl (C=O) groups excluding carboxylic acids is 1. The standard InChI is InChI=1S/C18H14BrN3OS/c1-12-16(24-18(20-12)13-8-4-2-5-9-13)15(23)17(19)22-21-14-10-6-3-7-11-14/h2-11,21H,1H3/b22-17-. The SMILES string of the molecule is Cc1nc(-c2ccccc2)sc1C(=O)/C(Br)=N/Nc1ccccc1. The number of ketones is 1. The van der Waals surface area contributed by atoms with Gasteiger partial charge in [0, 0.05) is 5.56 Å². The number of carbonyl (C=O) groups is 1. The second-order valence-corrected chi connectivity index (χ2v) is 6.76. The average Bonchev–Trinajstić information content (AvgIpc) is 3.02. The minimum Gasteiger partial charge on any atom is -0.285 e. The zero-order chi connectivity index (χ0) is 16.9. The van der Waals surface area contributed by atoms with Gasteiger partial charge < -0.3 is 0 Å². The first-order valence-corrected chi connectivity index (χ1v) is 8.88. The molecule has 0 aliphatic heterocycles. The van der Waals surface area contributed by atoms with Gasteiger partial charge in [-0.25, -0.2) is 4.98 Å². The van der Waals surface area contributed by atoms with Gasteiger partial charge in [0.1, 0.15) is 9.88 Å². The number of hydrogen-bond acceptors (Lipinski definition) is 5. The molecule has 0 aliphatic carbocycles. The minimum atomic E-state index is -0.185. The summed E-state index contributed by atoms with van der Waals surface area (Å²) < 4.78 is 0.220. The molecule has 3 rings (SSSR count). The first kappa shape index (κ1) is 16.5. The van der Waals surface area contributed by atoms with Gasteiger partial charge in [0.2, 0.25) is 5.78 Å². The van der Waals surface area contributed by atoms with E-state index in [0.29, 0.717) is 10.6 Å². The minimum absolute atomic E-state index is 0.185. The predicted molar refractivity (Wildman–Crippen MR) is 103 cm³/mol. The van der Waals surface area contributed by atoms with Crippen LogP contribution < -0.4 is 5.43 Å². The number of anilines is 1. The highest BCUT2D eigenvalue weighted by Crippen LogP contribution is 2.28. The Hall–Kier alpha value is -2.31. The number of Topliss-reactive ketones (excluding diaryl/α,β-unsaturated/α-hetero) is 1. The Morgan fingerprint density at radius 2 is 1.71 bits per heavy atom. The number of halogens is 1. The smallest absolute Gasteiger partial charge is 0.232 e. The van der Waals surface area contributed by atoms with Gasteiger partial charge in [0.15, 0.2) is 4.62 Å². The number of rotatable bonds is 5. The van der Waals surface area contributed by atoms with E-state index in [1.54, 1.807) is 0 Å². The molecule has 0 atom stereocenters. The Balaban J connectivity index is 1.81. The fraction of sp³-hybridized carbons (Fsp3) is 0.0556. The average molecular weight is 400 g/mol. The van der Waals surface area contributed by atoms with Crippen LogP contribution in [0.2, 0.25) is 0 Å². The van der Waals surface area contributed by atoms with Crippen molar-refractivity contribution < 1.29 is 4.79 Å². The molecule has 24 heavy (non-hydrogen) atoms. The molecule has 3 aromatic rings. The Kier molecular flexibility index (Phi) is 5.17. The maximum absolute atomic E-state index is 12.6. The Labute approximate surface area is 152 Å². The van der Waals surface area contributed by atoms with Gasteiger partial charge in [-0.05, 0) is 35.0 Å². The number of thiazole rings is 1. The van der Waals surface area contributed by atoms with Gasteiger partial charge >= 0.3 is 0 Å². The number of aryl methyl sites for hydroxylation is 1. The fourth-order valence-corrected chi connectivity index (χ4v) is 3.51. The predicted octanol–water partition coefficient (Wildman–Crippen LogP) is 5.12. The zero-order valence-electron chi connectivity index (χ0n) is 12.9. The highest BCUT2D eigenvalue weighted by Gasteiger charge is 2.19. The molecular weight excluding hydrogens is 386 g/mol. The maximum Gasteiger partial charge on any atom is 0.232 e. The van der Waals surface area contributed by atoms with Crippen LogP contribution in [0.25, 0.3) is 10.6 Å². The number of aromatic nitrogens is 1. The van der Waals surface area contributed by atoms with Crippen LogP contribution in [0.4, 0.5) is 5.69 Å². The molecule has 1 N–H and O–H groups in total. The molecule has 0 fully saturated rings. The number of nitrogens with zero attached hydrogens (tertiary/aromatic N) is 2. The molecule has 0 radical (unpaired) electrons. The van der Waals surface area contributed by atoms with Crippen LogP contribution in [-0.4, -0.2) is 15.4 Å². The van der Waals surface area contributed by atoms with E-state index in [4.69, 9.17) is 0 Å². The molecule has 4 nitrogen and oxygen atoms in total. The first-order valence-electron chi connectivity index (χ1n) is 7.27. The monoisotopic (exact) mass is 399 g/mol. The summed E-state index contributed by atoms with van der Waals surface area (Å²) in [5, 5.41) is 4.93. The third-order valence-corrected chi connectivity index (χ3v) is 5.01. The summed E-state index contributed by atoms with van der Waals surface area (Å²) in [5.41, 5.74) is 5.38. The largest absolute Gasteiger partial charge is 0.285 e. The van der Waals surface area contributed by atoms with Gasteiger partial charge in [-0.2, -0.15) is 5.10 Å². The molecule has 6 heteroatoms. The summed E-state index contributed by atoms with van der Waals surface area (Å²) in [4.78, 5) is 17.7. The van der Waals surface area contributed by atoms with E-state index in [1.807, 2.05) is 67.6 Å². The Bertz CT molecular complexity index is 876. The highest BCUT2D eigenvalue weighted by atomic mass is 79.9. The lowest BCUT2D eigenvalue weighted by molar-refractivity contribution is 0.107. The Morgan fingerprint density at radius 1 is 1.08 bits per heavy atom. The maximum atomic E-state index is 12.6. The van der Waals surface area contributed by atoms with Crippen LogP contribution in [0.1, 0.15) is 15.4 Å². The molecular formula is C18H14BrN3OS. The molecule has 1 aromatic heterocycles. The normalized spacial score (nSPS) is 11.3. The first-order chi connectivity index (χ1) is 11.6. The van der Waals surface area contributed by atoms with Crippen molar-refractivity contribution >= 4 is 43.4 Å². The van der Waals surface area contributed by atoms with E-state index in [1.165, 1.54) is 11.3 Å². The number of nitrogens with one attached hydrogen (secondary N) is 1. The molecule has 1 heterocycles. The number of para-hydroxylation sites is 1. The fourth-order valence-electron chi connectivity index (χ4n) is 2.08. The van der Waals surface area contributed by atoms with Crippen molar-refractivity contribution in [2.45, 2.75) is 6.92 Å². The molecule has 0 unspecified atom stereocenters. The molecule has 120 valence electrons. The van der Waals surface area contributed by atoms with Gasteiger partial charge in [-0.15, -0.1) is 11.3 Å². The lowest BCUT2D eigenvalue weighted by Gasteiger charge is -2.00. The van der Waals surface area contributed by atoms with Crippen molar-refractivity contribution in [2.75, 3.05) is 5.43 Å². The van der Waals surface area contributed by atoms with Crippen LogP contribution in [0.5, 0.6) is 0 Å². The topological polar surface area (TPSA) is 54.4 Å². The van der Waals surface area contributed by atoms with Gasteiger partial charge in [-0.1, -0.05) is 48.5 Å². The molecule has 2 aromatic carbocycles. The molecule has 0 saturated heterocycles. The summed E-state index contributed by atoms with van der Waals surface area (Å²) in [6, 6.07) is 19.3. The van der Waals surface area contributed by atoms with Crippen molar-refractivity contribution in [3.05, 3.63) is 71.2 Å². The number of benzene rings is 2. The quantitative estimate of drug-likeness (QED) is 0.367. The van der Waals surface area contributed by atoms with Crippen molar-refractivity contribution in [3.63, 3.8) is 0 Å². The van der Waals surface area contributed by atoms with Gasteiger partial charge in [-0.3, -0.25) is 10.2 Å². The molecule has 0 amide bonds. The Morgan fingerprint density at radius 3 is 2.38 bits per heavy atom. The number of hydrogen-bond donors (Lipinski definition) is 1. The van der Waals surface area contributed by atoms with Crippen molar-refractivity contribution in [1.29, 1.82) is 0 Å². The summed E-state index contributed by atoms with van der Waals surface area (Å²) in [7, 11) is 0. The second-order valence-electron chi connectivity index (χ2n) is 5.01. The van der Waals surface area contributed by atoms with Crippen LogP contribution in [0.3, 0.4) is 0 Å². The third-order valence-electron chi connectivity index (χ3n) is 3.27. The van der Waals surface area contributed by atoms with Crippen molar-refractivity contribution in [1.82, 2.24) is 4.98 Å². The van der Waals surface area contributed by atoms with E-state index in [9.17, 15) is 4.79 Å². The molecule has 0 bridgehead atoms. The summed E-state index contributed by atoms with van der Waals surface area (Å²) in [6.07, 6.45) is 0. The van der Waals surface area contributed by atoms with Crippen LogP contribution in [0.15, 0.2) is 65.8 Å². The van der Waals surface area contributed by atoms with Crippen LogP contribution >= 0.6 is 27.3 Å². The number of hydrazone groups is 1. The summed E-state index contributed by atoms with van der Waals surface area (Å²) in [6.45, 7) is 1.83. The molecule has 0 saturated carbocycles. The zero-order valence-corrected chi connectivity index (χ0v) is 15.3. The van der Waals surface area contributed by atoms with Crippen LogP contribution in [-0.2, 0) is 0 Å². The van der Waals surface area contributed by atoms with E-state index < -0.39 is 0 Å².